The van der Waals surface area contributed by atoms with Crippen molar-refractivity contribution in [3.63, 3.8) is 0 Å². The van der Waals surface area contributed by atoms with Crippen LogP contribution in [0.5, 0.6) is 0 Å². The average Bonchev–Trinajstić information content (AvgIpc) is 1.56. The van der Waals surface area contributed by atoms with Crippen LogP contribution in [0.3, 0.4) is 0 Å². The fourth-order valence-electron chi connectivity index (χ4n) is 24.7. The van der Waals surface area contributed by atoms with E-state index in [1.54, 1.807) is 30.6 Å². The molecule has 0 radical (unpaired) electrons. The lowest BCUT2D eigenvalue weighted by Gasteiger charge is -2.28. The predicted molar refractivity (Wildman–Crippen MR) is 587 cm³/mol. The zero-order valence-electron chi connectivity index (χ0n) is 89.6. The number of ether oxygens (including phenoxy) is 5. The number of carboxylic acids is 1. The number of hydrogen-bond acceptors (Lipinski definition) is 17. The van der Waals surface area contributed by atoms with Gasteiger partial charge in [0.15, 0.2) is 0 Å². The Hall–Kier alpha value is -11.7. The number of carboxylic acid groups (broad SMARTS) is 1. The summed E-state index contributed by atoms with van der Waals surface area (Å²) in [5.74, 6) is -1.97. The normalized spacial score (nSPS) is 16.1. The van der Waals surface area contributed by atoms with E-state index < -0.39 is 43.8 Å². The Labute approximate surface area is 869 Å². The monoisotopic (exact) mass is 2060 g/mol. The molecule has 0 atom stereocenters. The number of rotatable bonds is 36. The minimum atomic E-state index is -1.14. The summed E-state index contributed by atoms with van der Waals surface area (Å²) in [5.41, 5.74) is 28.1. The van der Waals surface area contributed by atoms with Gasteiger partial charge in [0.25, 0.3) is 0 Å². The summed E-state index contributed by atoms with van der Waals surface area (Å²) in [6.07, 6.45) is 33.6. The highest BCUT2D eigenvalue weighted by molar-refractivity contribution is 6.76. The smallest absolute Gasteiger partial charge is 0.326 e. The number of aryl methyl sites for hydroxylation is 8. The standard InChI is InChI=1S/C32H46N4O4Si.C28H40N4O2Si.C26H32N4O3.C24H28N4O3.C4H7ClO2/c1-7-13-32(14-8-2)25-18-26-24(17-27(25)36(31(32)38)20-28(37)40-9-3)23-12-10-11-22-19-35(34-29(22)30(23)33-26)21-39-15-16-41(4,5)6;1-6-11-28(12-7-2)22-16-23-21(15-24(22)30-27(28)33)20-10-8-9-19-17-32(31-25(19)26(20)29-23)18-34-13-14-35(3,4)5;1-4-10-26(11-5-2)19-13-20-18(12-21(19)30(25(26)32)15-22(31)33-6-3)17-9-7-8-16-14-27-29-23(16)24(17)28-20;1-3-8-24(9-4-2)17-11-18-16(10-19(17)28(23(24)31)13-20(29)30)15-7-5-6-14-12-25-27-21(14)22(15)26-18;1-2-7-4(6)3-5/h17-19,33H,7-16,20-21H2,1-6H3;15-17,29H,6-14,18H2,1-5H3,(H,30,33);12-14,28H,4-11,15H2,1-3H3,(H,27,29);10-12,26H,3-9,13H2,1-2H3,(H,25,27)(H,29,30);2-3H2,1H3. The van der Waals surface area contributed by atoms with E-state index in [4.69, 9.17) is 40.7 Å². The molecule has 0 spiro atoms. The fraction of sp³-hybridized carbons (Fsp3) is 0.544. The first kappa shape index (κ1) is 108. The second kappa shape index (κ2) is 45.8. The summed E-state index contributed by atoms with van der Waals surface area (Å²) >= 11 is 5.06. The molecule has 147 heavy (non-hydrogen) atoms. The van der Waals surface area contributed by atoms with Gasteiger partial charge in [-0.15, -0.1) is 11.6 Å². The SMILES string of the molecule is CCCC1(CCC)C(=O)N(CC(=O)O)c2cc3c4c([nH]c3cc21)-c1[nH]ncc1CCC4.CCCC1(CCC)C(=O)N(CC(=O)OCC)c2cc3c4c([nH]c3cc21)-c1[nH]ncc1CCC4.CCCC1(CCC)C(=O)N(CC(=O)OCC)c2cc3c4c([nH]c3cc21)-c1nn(COCC[Si](C)(C)C)cc1CCC4.CCCC1(CCC)C(=O)Nc2cc3c4c([nH]c3cc21)-c1nn(COCC[Si](C)(C)C)cc1CCC4.CCOC(=O)CCl. The number of nitrogens with zero attached hydrogens (tertiary/aromatic N) is 9. The summed E-state index contributed by atoms with van der Waals surface area (Å²) in [5, 5.41) is 42.1. The van der Waals surface area contributed by atoms with E-state index in [-0.39, 0.29) is 67.1 Å². The number of alkyl halides is 1. The minimum Gasteiger partial charge on any atom is -0.480 e. The number of hydrogen-bond donors (Lipinski definition) is 8. The van der Waals surface area contributed by atoms with E-state index >= 15 is 0 Å². The first-order valence-corrected chi connectivity index (χ1v) is 62.3. The molecule has 0 unspecified atom stereocenters. The number of carbonyl (C=O) groups excluding carboxylic acids is 7. The number of amides is 4. The molecule has 33 heteroatoms. The van der Waals surface area contributed by atoms with Crippen molar-refractivity contribution in [1.82, 2.24) is 59.9 Å². The van der Waals surface area contributed by atoms with Gasteiger partial charge in [-0.05, 0) is 277 Å². The topological polar surface area (TPSA) is 381 Å². The third kappa shape index (κ3) is 21.4. The number of benzene rings is 4. The third-order valence-corrected chi connectivity index (χ3v) is 34.6. The van der Waals surface area contributed by atoms with Crippen molar-refractivity contribution in [2.24, 2.45) is 0 Å². The summed E-state index contributed by atoms with van der Waals surface area (Å²) in [7, 11) is -2.24. The molecule has 4 aliphatic heterocycles. The molecule has 8 aromatic heterocycles. The molecular formula is C114H153ClN16O14Si2. The lowest BCUT2D eigenvalue weighted by atomic mass is 9.74. The molecule has 30 nitrogen and oxygen atoms in total. The highest BCUT2D eigenvalue weighted by Crippen LogP contribution is 2.56. The molecule has 0 bridgehead atoms. The maximum Gasteiger partial charge on any atom is 0.326 e. The minimum absolute atomic E-state index is 0.0261. The van der Waals surface area contributed by atoms with Crippen molar-refractivity contribution < 1.29 is 67.1 Å². The van der Waals surface area contributed by atoms with Gasteiger partial charge < -0.3 is 68.7 Å². The molecule has 4 aromatic carbocycles. The Kier molecular flexibility index (Phi) is 33.6. The van der Waals surface area contributed by atoms with Gasteiger partial charge in [-0.3, -0.25) is 48.6 Å². The molecule has 12 heterocycles. The summed E-state index contributed by atoms with van der Waals surface area (Å²) in [6, 6.07) is 19.6. The first-order chi connectivity index (χ1) is 70.7. The van der Waals surface area contributed by atoms with Crippen molar-refractivity contribution in [3.05, 3.63) is 140 Å². The van der Waals surface area contributed by atoms with Crippen molar-refractivity contribution in [1.29, 1.82) is 0 Å². The van der Waals surface area contributed by atoms with Gasteiger partial charge in [0.1, 0.15) is 50.4 Å². The fourth-order valence-corrected chi connectivity index (χ4v) is 26.3. The van der Waals surface area contributed by atoms with E-state index in [9.17, 15) is 43.5 Å². The van der Waals surface area contributed by atoms with Crippen LogP contribution in [-0.2, 0) is 149 Å². The number of nitrogens with one attached hydrogen (secondary N) is 7. The highest BCUT2D eigenvalue weighted by atomic mass is 35.5. The van der Waals surface area contributed by atoms with Crippen LogP contribution in [0.15, 0.2) is 73.3 Å². The Balaban J connectivity index is 0.000000137. The van der Waals surface area contributed by atoms with Crippen LogP contribution < -0.4 is 20.0 Å². The van der Waals surface area contributed by atoms with Crippen LogP contribution in [0.4, 0.5) is 22.7 Å². The number of aliphatic carboxylic acids is 1. The lowest BCUT2D eigenvalue weighted by molar-refractivity contribution is -0.143. The summed E-state index contributed by atoms with van der Waals surface area (Å²) in [4.78, 5) is 121. The van der Waals surface area contributed by atoms with Crippen LogP contribution in [0, 0.1) is 0 Å². The average molecular weight is 2060 g/mol. The molecule has 8 N–H and O–H groups in total. The molecular weight excluding hydrogens is 1910 g/mol. The number of carbonyl (C=O) groups is 8. The second-order valence-corrected chi connectivity index (χ2v) is 55.2. The highest BCUT2D eigenvalue weighted by Gasteiger charge is 2.55. The molecule has 8 aliphatic rings. The van der Waals surface area contributed by atoms with E-state index in [0.717, 1.165) is 328 Å². The molecule has 788 valence electrons. The van der Waals surface area contributed by atoms with Gasteiger partial charge in [-0.25, -0.2) is 9.36 Å². The lowest BCUT2D eigenvalue weighted by Crippen LogP contribution is -2.42. The van der Waals surface area contributed by atoms with Crippen molar-refractivity contribution in [2.75, 3.05) is 78.6 Å². The predicted octanol–water partition coefficient (Wildman–Crippen LogP) is 23.1. The number of halogens is 1. The third-order valence-electron chi connectivity index (χ3n) is 31.0. The quantitative estimate of drug-likeness (QED) is 0.00594. The zero-order chi connectivity index (χ0) is 105. The summed E-state index contributed by atoms with van der Waals surface area (Å²) < 4.78 is 30.8. The van der Waals surface area contributed by atoms with Gasteiger partial charge in [0.2, 0.25) is 23.6 Å². The van der Waals surface area contributed by atoms with Crippen LogP contribution in [0.2, 0.25) is 51.4 Å². The van der Waals surface area contributed by atoms with Crippen molar-refractivity contribution in [2.45, 2.75) is 342 Å². The maximum absolute atomic E-state index is 14.1. The van der Waals surface area contributed by atoms with Crippen LogP contribution in [-0.4, -0.2) is 187 Å². The van der Waals surface area contributed by atoms with Crippen LogP contribution in [0.1, 0.15) is 271 Å². The van der Waals surface area contributed by atoms with Crippen molar-refractivity contribution >= 4 is 142 Å². The Bertz CT molecular complexity index is 6840. The Morgan fingerprint density at radius 2 is 0.714 bits per heavy atom. The van der Waals surface area contributed by atoms with Crippen LogP contribution >= 0.6 is 11.6 Å². The largest absolute Gasteiger partial charge is 0.480 e. The Morgan fingerprint density at radius 1 is 0.395 bits per heavy atom. The van der Waals surface area contributed by atoms with Gasteiger partial charge in [-0.2, -0.15) is 20.4 Å². The van der Waals surface area contributed by atoms with E-state index in [1.807, 2.05) is 21.8 Å². The van der Waals surface area contributed by atoms with Crippen LogP contribution in [0.25, 0.3) is 89.2 Å². The second-order valence-electron chi connectivity index (χ2n) is 43.7. The van der Waals surface area contributed by atoms with Gasteiger partial charge in [0, 0.05) is 108 Å². The molecule has 4 amide bonds. The molecule has 0 fully saturated rings. The number of H-pyrrole nitrogens is 6. The number of aromatic amines is 6. The number of fused-ring (bicyclic) bond motifs is 24. The molecule has 12 aromatic rings. The molecule has 4 aliphatic carbocycles. The molecule has 0 saturated heterocycles. The van der Waals surface area contributed by atoms with Gasteiger partial charge >= 0.3 is 23.9 Å². The number of esters is 3. The van der Waals surface area contributed by atoms with Gasteiger partial charge in [0.05, 0.1) is 88.0 Å². The maximum atomic E-state index is 14.1. The van der Waals surface area contributed by atoms with Gasteiger partial charge in [-0.1, -0.05) is 146 Å². The molecule has 20 rings (SSSR count). The Morgan fingerprint density at radius 3 is 1.05 bits per heavy atom. The van der Waals surface area contributed by atoms with Crippen molar-refractivity contribution in [3.8, 4) is 45.6 Å². The number of anilines is 4. The first-order valence-electron chi connectivity index (χ1n) is 54.3. The van der Waals surface area contributed by atoms with E-state index in [1.165, 1.54) is 60.8 Å². The van der Waals surface area contributed by atoms with E-state index in [2.05, 4.69) is 206 Å². The number of aromatic nitrogens is 12. The zero-order valence-corrected chi connectivity index (χ0v) is 92.3. The summed E-state index contributed by atoms with van der Waals surface area (Å²) in [6.45, 7) is 39.7. The molecule has 0 saturated carbocycles. The van der Waals surface area contributed by atoms with E-state index in [0.29, 0.717) is 33.3 Å².